The molecule has 0 unspecified atom stereocenters. The predicted octanol–water partition coefficient (Wildman–Crippen LogP) is 2.06. The van der Waals surface area contributed by atoms with Gasteiger partial charge < -0.3 is 9.47 Å². The fourth-order valence-electron chi connectivity index (χ4n) is 2.72. The van der Waals surface area contributed by atoms with E-state index >= 15 is 0 Å². The maximum Gasteiger partial charge on any atom is 0.338 e. The fraction of sp³-hybridized carbons (Fsp3) is 0.167. The van der Waals surface area contributed by atoms with E-state index in [0.29, 0.717) is 11.1 Å². The van der Waals surface area contributed by atoms with Crippen LogP contribution in [0.3, 0.4) is 0 Å². The summed E-state index contributed by atoms with van der Waals surface area (Å²) in [5.74, 6) is -1.66. The van der Waals surface area contributed by atoms with Crippen molar-refractivity contribution in [2.24, 2.45) is 0 Å². The van der Waals surface area contributed by atoms with Gasteiger partial charge in [0.25, 0.3) is 11.8 Å². The number of hydrogen-bond acceptors (Lipinski definition) is 7. The van der Waals surface area contributed by atoms with Gasteiger partial charge in [-0.1, -0.05) is 12.1 Å². The average molecular weight is 370 g/mol. The third-order valence-corrected chi connectivity index (χ3v) is 4.03. The van der Waals surface area contributed by atoms with E-state index in [1.807, 2.05) is 0 Å². The van der Waals surface area contributed by atoms with E-state index in [1.165, 1.54) is 19.2 Å². The number of imide groups is 1. The molecule has 0 saturated carbocycles. The molecule has 0 saturated heterocycles. The Hall–Kier alpha value is -3.75. The minimum atomic E-state index is -0.712. The van der Waals surface area contributed by atoms with Crippen molar-refractivity contribution in [2.75, 3.05) is 20.3 Å². The molecule has 0 spiro atoms. The molecular formula is C18H14N2O7. The van der Waals surface area contributed by atoms with Crippen LogP contribution in [-0.2, 0) is 4.74 Å². The second-order valence-electron chi connectivity index (χ2n) is 5.59. The summed E-state index contributed by atoms with van der Waals surface area (Å²) in [6, 6.07) is 10.1. The number of nitrogens with zero attached hydrogens (tertiary/aromatic N) is 2. The van der Waals surface area contributed by atoms with Crippen LogP contribution in [0.25, 0.3) is 0 Å². The van der Waals surface area contributed by atoms with Gasteiger partial charge in [0.1, 0.15) is 6.61 Å². The van der Waals surface area contributed by atoms with Gasteiger partial charge in [-0.05, 0) is 24.3 Å². The Morgan fingerprint density at radius 1 is 1.11 bits per heavy atom. The molecule has 0 bridgehead atoms. The number of amides is 2. The molecule has 0 radical (unpaired) electrons. The SMILES string of the molecule is COC(=O)c1ccc(OCCN2C(=O)c3ccccc3C2=O)c([N+](=O)[O-])c1. The first kappa shape index (κ1) is 18.1. The molecule has 1 aliphatic heterocycles. The van der Waals surface area contributed by atoms with Gasteiger partial charge in [0.2, 0.25) is 0 Å². The summed E-state index contributed by atoms with van der Waals surface area (Å²) in [6.45, 7) is -0.202. The standard InChI is InChI=1S/C18H14N2O7/c1-26-18(23)11-6-7-15(14(10-11)20(24)25)27-9-8-19-16(21)12-4-2-3-5-13(12)17(19)22/h2-7,10H,8-9H2,1H3. The largest absolute Gasteiger partial charge is 0.485 e. The monoisotopic (exact) mass is 370 g/mol. The van der Waals surface area contributed by atoms with Crippen molar-refractivity contribution in [3.8, 4) is 5.75 Å². The number of nitro groups is 1. The van der Waals surface area contributed by atoms with E-state index < -0.39 is 28.4 Å². The predicted molar refractivity (Wildman–Crippen MR) is 91.7 cm³/mol. The molecule has 0 fully saturated rings. The van der Waals surface area contributed by atoms with Gasteiger partial charge in [-0.2, -0.15) is 0 Å². The van der Waals surface area contributed by atoms with Crippen LogP contribution >= 0.6 is 0 Å². The molecule has 9 heteroatoms. The number of benzene rings is 2. The minimum absolute atomic E-state index is 0.0110. The van der Waals surface area contributed by atoms with Crippen LogP contribution < -0.4 is 4.74 Å². The van der Waals surface area contributed by atoms with Crippen LogP contribution in [0.15, 0.2) is 42.5 Å². The van der Waals surface area contributed by atoms with E-state index in [0.717, 1.165) is 11.0 Å². The minimum Gasteiger partial charge on any atom is -0.485 e. The number of carbonyl (C=O) groups excluding carboxylic acids is 3. The van der Waals surface area contributed by atoms with Crippen molar-refractivity contribution in [1.82, 2.24) is 4.90 Å². The van der Waals surface area contributed by atoms with Crippen molar-refractivity contribution < 1.29 is 28.8 Å². The number of carbonyl (C=O) groups is 3. The molecule has 2 aromatic carbocycles. The summed E-state index contributed by atoms with van der Waals surface area (Å²) >= 11 is 0. The average Bonchev–Trinajstić information content (AvgIpc) is 2.92. The molecule has 0 aromatic heterocycles. The molecule has 2 aromatic rings. The van der Waals surface area contributed by atoms with E-state index in [-0.39, 0.29) is 24.5 Å². The zero-order chi connectivity index (χ0) is 19.6. The molecule has 27 heavy (non-hydrogen) atoms. The van der Waals surface area contributed by atoms with E-state index in [1.54, 1.807) is 24.3 Å². The van der Waals surface area contributed by atoms with Crippen molar-refractivity contribution in [1.29, 1.82) is 0 Å². The summed E-state index contributed by atoms with van der Waals surface area (Å²) in [4.78, 5) is 47.6. The lowest BCUT2D eigenvalue weighted by atomic mass is 10.1. The molecule has 138 valence electrons. The zero-order valence-corrected chi connectivity index (χ0v) is 14.2. The number of esters is 1. The van der Waals surface area contributed by atoms with Crippen LogP contribution in [0.1, 0.15) is 31.1 Å². The lowest BCUT2D eigenvalue weighted by Gasteiger charge is -2.14. The Morgan fingerprint density at radius 3 is 2.30 bits per heavy atom. The lowest BCUT2D eigenvalue weighted by Crippen LogP contribution is -2.33. The highest BCUT2D eigenvalue weighted by molar-refractivity contribution is 6.21. The Labute approximate surface area is 153 Å². The molecule has 0 N–H and O–H groups in total. The third-order valence-electron chi connectivity index (χ3n) is 4.03. The number of hydrogen-bond donors (Lipinski definition) is 0. The Balaban J connectivity index is 1.71. The highest BCUT2D eigenvalue weighted by Crippen LogP contribution is 2.28. The van der Waals surface area contributed by atoms with Crippen LogP contribution in [0.5, 0.6) is 5.75 Å². The van der Waals surface area contributed by atoms with Crippen LogP contribution in [0.2, 0.25) is 0 Å². The number of fused-ring (bicyclic) bond motifs is 1. The molecule has 2 amide bonds. The molecule has 1 aliphatic rings. The van der Waals surface area contributed by atoms with Gasteiger partial charge in [-0.25, -0.2) is 4.79 Å². The molecule has 0 atom stereocenters. The van der Waals surface area contributed by atoms with Gasteiger partial charge in [-0.3, -0.25) is 24.6 Å². The Morgan fingerprint density at radius 2 is 1.74 bits per heavy atom. The van der Waals surface area contributed by atoms with Crippen molar-refractivity contribution in [3.05, 3.63) is 69.3 Å². The number of rotatable bonds is 6. The smallest absolute Gasteiger partial charge is 0.338 e. The quantitative estimate of drug-likeness (QED) is 0.331. The highest BCUT2D eigenvalue weighted by atomic mass is 16.6. The van der Waals surface area contributed by atoms with Crippen LogP contribution in [0.4, 0.5) is 5.69 Å². The number of methoxy groups -OCH3 is 1. The summed E-state index contributed by atoms with van der Waals surface area (Å²) in [6.07, 6.45) is 0. The topological polar surface area (TPSA) is 116 Å². The second-order valence-corrected chi connectivity index (χ2v) is 5.59. The molecular weight excluding hydrogens is 356 g/mol. The fourth-order valence-corrected chi connectivity index (χ4v) is 2.72. The maximum absolute atomic E-state index is 12.3. The van der Waals surface area contributed by atoms with Gasteiger partial charge in [-0.15, -0.1) is 0 Å². The molecule has 1 heterocycles. The first-order chi connectivity index (χ1) is 12.9. The summed E-state index contributed by atoms with van der Waals surface area (Å²) in [5, 5.41) is 11.2. The Kier molecular flexibility index (Phi) is 4.84. The Bertz CT molecular complexity index is 919. The molecule has 9 nitrogen and oxygen atoms in total. The maximum atomic E-state index is 12.3. The van der Waals surface area contributed by atoms with Crippen molar-refractivity contribution in [3.63, 3.8) is 0 Å². The summed E-state index contributed by atoms with van der Waals surface area (Å²) < 4.78 is 9.91. The number of nitro benzene ring substituents is 1. The van der Waals surface area contributed by atoms with Crippen molar-refractivity contribution in [2.45, 2.75) is 0 Å². The molecule has 3 rings (SSSR count). The van der Waals surface area contributed by atoms with Gasteiger partial charge in [0, 0.05) is 6.07 Å². The van der Waals surface area contributed by atoms with Gasteiger partial charge in [0.15, 0.2) is 5.75 Å². The zero-order valence-electron chi connectivity index (χ0n) is 14.2. The summed E-state index contributed by atoms with van der Waals surface area (Å²) in [7, 11) is 1.17. The van der Waals surface area contributed by atoms with E-state index in [2.05, 4.69) is 4.74 Å². The summed E-state index contributed by atoms with van der Waals surface area (Å²) in [5.41, 5.74) is 0.226. The van der Waals surface area contributed by atoms with Crippen molar-refractivity contribution >= 4 is 23.5 Å². The normalized spacial score (nSPS) is 12.7. The lowest BCUT2D eigenvalue weighted by molar-refractivity contribution is -0.385. The highest BCUT2D eigenvalue weighted by Gasteiger charge is 2.34. The van der Waals surface area contributed by atoms with Gasteiger partial charge in [0.05, 0.1) is 35.3 Å². The molecule has 0 aliphatic carbocycles. The van der Waals surface area contributed by atoms with E-state index in [4.69, 9.17) is 4.74 Å². The second kappa shape index (κ2) is 7.24. The van der Waals surface area contributed by atoms with Gasteiger partial charge >= 0.3 is 11.7 Å². The third kappa shape index (κ3) is 3.34. The van der Waals surface area contributed by atoms with Crippen LogP contribution in [-0.4, -0.2) is 47.9 Å². The first-order valence-corrected chi connectivity index (χ1v) is 7.89. The number of ether oxygens (including phenoxy) is 2. The first-order valence-electron chi connectivity index (χ1n) is 7.89. The van der Waals surface area contributed by atoms with Crippen LogP contribution in [0, 0.1) is 10.1 Å². The van der Waals surface area contributed by atoms with E-state index in [9.17, 15) is 24.5 Å².